The highest BCUT2D eigenvalue weighted by Crippen LogP contribution is 2.59. The number of aromatic hydroxyl groups is 2. The lowest BCUT2D eigenvalue weighted by atomic mass is 9.51. The number of fused-ring (bicyclic) bond motifs is 4. The lowest BCUT2D eigenvalue weighted by molar-refractivity contribution is -0.0922. The third-order valence-corrected chi connectivity index (χ3v) is 8.28. The second-order valence-corrected chi connectivity index (χ2v) is 9.76. The third kappa shape index (κ3) is 3.13. The quantitative estimate of drug-likeness (QED) is 0.566. The first-order valence-corrected chi connectivity index (χ1v) is 11.7. The highest BCUT2D eigenvalue weighted by molar-refractivity contribution is 5.59. The van der Waals surface area contributed by atoms with Crippen molar-refractivity contribution < 1.29 is 15.3 Å². The fourth-order valence-electron chi connectivity index (χ4n) is 6.75. The molecule has 3 aliphatic rings. The second-order valence-electron chi connectivity index (χ2n) is 9.76. The summed E-state index contributed by atoms with van der Waals surface area (Å²) in [7, 11) is 1.93. The fourth-order valence-corrected chi connectivity index (χ4v) is 6.75. The van der Waals surface area contributed by atoms with E-state index in [1.807, 2.05) is 13.1 Å². The van der Waals surface area contributed by atoms with Gasteiger partial charge in [-0.15, -0.1) is 0 Å². The van der Waals surface area contributed by atoms with E-state index in [1.165, 1.54) is 11.3 Å². The fraction of sp³-hybridized carbons (Fsp3) is 0.538. The molecular formula is C26H34N2O3. The summed E-state index contributed by atoms with van der Waals surface area (Å²) in [6, 6.07) is 12.5. The molecule has 0 radical (unpaired) electrons. The van der Waals surface area contributed by atoms with Crippen LogP contribution in [-0.2, 0) is 18.3 Å². The van der Waals surface area contributed by atoms with Gasteiger partial charge in [-0.2, -0.15) is 0 Å². The van der Waals surface area contributed by atoms with Crippen molar-refractivity contribution in [2.24, 2.45) is 0 Å². The Morgan fingerprint density at radius 2 is 1.90 bits per heavy atom. The van der Waals surface area contributed by atoms with Gasteiger partial charge in [-0.05, 0) is 88.2 Å². The van der Waals surface area contributed by atoms with Crippen molar-refractivity contribution >= 4 is 5.69 Å². The lowest BCUT2D eigenvalue weighted by Gasteiger charge is -2.58. The van der Waals surface area contributed by atoms with Gasteiger partial charge in [0.15, 0.2) is 11.5 Å². The molecule has 2 aliphatic carbocycles. The van der Waals surface area contributed by atoms with Crippen molar-refractivity contribution in [3.8, 4) is 11.5 Å². The predicted octanol–water partition coefficient (Wildman–Crippen LogP) is 3.63. The highest BCUT2D eigenvalue weighted by Gasteiger charge is 2.58. The van der Waals surface area contributed by atoms with Crippen LogP contribution in [0.3, 0.4) is 0 Å². The molecule has 5 heteroatoms. The van der Waals surface area contributed by atoms with Crippen molar-refractivity contribution in [2.75, 3.05) is 25.0 Å². The van der Waals surface area contributed by atoms with E-state index in [2.05, 4.69) is 34.5 Å². The van der Waals surface area contributed by atoms with Gasteiger partial charge in [0, 0.05) is 29.3 Å². The highest BCUT2D eigenvalue weighted by atomic mass is 16.3. The number of para-hydroxylation sites is 1. The van der Waals surface area contributed by atoms with Gasteiger partial charge in [0.2, 0.25) is 0 Å². The van der Waals surface area contributed by atoms with E-state index in [-0.39, 0.29) is 11.5 Å². The van der Waals surface area contributed by atoms with Crippen LogP contribution in [0, 0.1) is 0 Å². The first-order chi connectivity index (χ1) is 15.0. The number of anilines is 1. The molecule has 1 saturated carbocycles. The van der Waals surface area contributed by atoms with Gasteiger partial charge in [0.05, 0.1) is 5.60 Å². The zero-order valence-electron chi connectivity index (χ0n) is 18.4. The van der Waals surface area contributed by atoms with Gasteiger partial charge >= 0.3 is 0 Å². The Labute approximate surface area is 184 Å². The summed E-state index contributed by atoms with van der Waals surface area (Å²) in [4.78, 5) is 2.55. The summed E-state index contributed by atoms with van der Waals surface area (Å²) in [5, 5.41) is 36.7. The van der Waals surface area contributed by atoms with Crippen molar-refractivity contribution in [3.63, 3.8) is 0 Å². The first kappa shape index (κ1) is 20.7. The molecule has 5 nitrogen and oxygen atoms in total. The van der Waals surface area contributed by atoms with Gasteiger partial charge in [-0.3, -0.25) is 0 Å². The first-order valence-electron chi connectivity index (χ1n) is 11.7. The Hall–Kier alpha value is -2.24. The minimum Gasteiger partial charge on any atom is -0.504 e. The van der Waals surface area contributed by atoms with Crippen LogP contribution in [0.4, 0.5) is 5.69 Å². The van der Waals surface area contributed by atoms with Crippen molar-refractivity contribution in [3.05, 3.63) is 53.1 Å². The number of aryl methyl sites for hydroxylation is 2. The molecule has 5 rings (SSSR count). The van der Waals surface area contributed by atoms with E-state index < -0.39 is 11.0 Å². The number of phenolic OH excluding ortho intramolecular Hbond substituents is 2. The van der Waals surface area contributed by atoms with E-state index in [9.17, 15) is 15.3 Å². The molecule has 166 valence electrons. The zero-order valence-corrected chi connectivity index (χ0v) is 18.4. The molecule has 0 aromatic heterocycles. The second kappa shape index (κ2) is 7.72. The monoisotopic (exact) mass is 422 g/mol. The van der Waals surface area contributed by atoms with Gasteiger partial charge in [0.1, 0.15) is 0 Å². The number of phenols is 2. The summed E-state index contributed by atoms with van der Waals surface area (Å²) in [5.41, 5.74) is 3.13. The van der Waals surface area contributed by atoms with E-state index in [1.54, 1.807) is 6.07 Å². The minimum absolute atomic E-state index is 0.0357. The maximum absolute atomic E-state index is 12.0. The van der Waals surface area contributed by atoms with Crippen LogP contribution in [0.2, 0.25) is 0 Å². The predicted molar refractivity (Wildman–Crippen MR) is 123 cm³/mol. The number of aliphatic hydroxyl groups is 1. The number of benzene rings is 2. The number of rotatable bonds is 4. The van der Waals surface area contributed by atoms with Crippen molar-refractivity contribution in [1.29, 1.82) is 0 Å². The summed E-state index contributed by atoms with van der Waals surface area (Å²) in [5.74, 6) is -0.122. The Morgan fingerprint density at radius 1 is 1.06 bits per heavy atom. The van der Waals surface area contributed by atoms with Crippen LogP contribution in [0.1, 0.15) is 55.2 Å². The molecule has 2 aromatic carbocycles. The molecule has 0 bridgehead atoms. The summed E-state index contributed by atoms with van der Waals surface area (Å²) < 4.78 is 0. The molecule has 1 fully saturated rings. The standard InChI is InChI=1S/C26H34N2O3/c1-27-15-14-25-17-20(28-16-4-6-18-5-2-3-7-21(18)28)11-13-26(25,31)12-10-19-8-9-22(29)24(30)23(19)25/h2-3,5,7-9,20,27,29-31H,4,6,10-17H2,1H3/t20?,25-,26?/m1/s1. The van der Waals surface area contributed by atoms with Crippen LogP contribution in [0.5, 0.6) is 11.5 Å². The molecule has 3 atom stereocenters. The van der Waals surface area contributed by atoms with Crippen LogP contribution in [-0.4, -0.2) is 47.1 Å². The number of nitrogens with zero attached hydrogens (tertiary/aromatic N) is 1. The summed E-state index contributed by atoms with van der Waals surface area (Å²) >= 11 is 0. The molecule has 31 heavy (non-hydrogen) atoms. The van der Waals surface area contributed by atoms with E-state index in [0.29, 0.717) is 18.9 Å². The Kier molecular flexibility index (Phi) is 5.14. The molecule has 2 aromatic rings. The maximum Gasteiger partial charge on any atom is 0.161 e. The Morgan fingerprint density at radius 3 is 2.74 bits per heavy atom. The van der Waals surface area contributed by atoms with Gasteiger partial charge in [0.25, 0.3) is 0 Å². The Bertz CT molecular complexity index is 977. The van der Waals surface area contributed by atoms with E-state index in [0.717, 1.165) is 62.7 Å². The van der Waals surface area contributed by atoms with Crippen LogP contribution < -0.4 is 10.2 Å². The molecule has 1 aliphatic heterocycles. The van der Waals surface area contributed by atoms with Crippen molar-refractivity contribution in [1.82, 2.24) is 5.32 Å². The zero-order chi connectivity index (χ0) is 21.6. The van der Waals surface area contributed by atoms with Crippen LogP contribution in [0.25, 0.3) is 0 Å². The van der Waals surface area contributed by atoms with E-state index in [4.69, 9.17) is 0 Å². The van der Waals surface area contributed by atoms with Gasteiger partial charge < -0.3 is 25.5 Å². The van der Waals surface area contributed by atoms with Crippen LogP contribution in [0.15, 0.2) is 36.4 Å². The number of hydrogen-bond donors (Lipinski definition) is 4. The van der Waals surface area contributed by atoms with Crippen molar-refractivity contribution in [2.45, 2.75) is 68.4 Å². The largest absolute Gasteiger partial charge is 0.504 e. The van der Waals surface area contributed by atoms with E-state index >= 15 is 0 Å². The molecule has 1 heterocycles. The average molecular weight is 423 g/mol. The minimum atomic E-state index is -0.867. The SMILES string of the molecule is CNCC[C@]12CC(N3CCCc4ccccc43)CCC1(O)CCc1ccc(O)c(O)c12. The molecule has 0 spiro atoms. The normalized spacial score (nSPS) is 29.7. The number of nitrogens with one attached hydrogen (secondary N) is 1. The maximum atomic E-state index is 12.0. The smallest absolute Gasteiger partial charge is 0.161 e. The average Bonchev–Trinajstić information content (AvgIpc) is 2.79. The molecule has 4 N–H and O–H groups in total. The van der Waals surface area contributed by atoms with Gasteiger partial charge in [-0.25, -0.2) is 0 Å². The summed E-state index contributed by atoms with van der Waals surface area (Å²) in [6.45, 7) is 1.78. The molecular weight excluding hydrogens is 388 g/mol. The van der Waals surface area contributed by atoms with Crippen LogP contribution >= 0.6 is 0 Å². The third-order valence-electron chi connectivity index (χ3n) is 8.28. The molecule has 0 saturated heterocycles. The number of hydrogen-bond acceptors (Lipinski definition) is 5. The topological polar surface area (TPSA) is 76.0 Å². The summed E-state index contributed by atoms with van der Waals surface area (Å²) in [6.07, 6.45) is 6.88. The molecule has 0 amide bonds. The van der Waals surface area contributed by atoms with Gasteiger partial charge in [-0.1, -0.05) is 24.3 Å². The molecule has 2 unspecified atom stereocenters. The Balaban J connectivity index is 1.61. The lowest BCUT2D eigenvalue weighted by Crippen LogP contribution is -2.62.